The molecule has 1 unspecified atom stereocenters. The van der Waals surface area contributed by atoms with E-state index in [1.807, 2.05) is 31.6 Å². The van der Waals surface area contributed by atoms with Crippen LogP contribution in [-0.2, 0) is 11.2 Å². The molecule has 0 spiro atoms. The Balaban J connectivity index is 0.000000283. The zero-order chi connectivity index (χ0) is 29.6. The number of carbonyl (C=O) groups excluding carboxylic acids is 1. The van der Waals surface area contributed by atoms with Gasteiger partial charge in [0.2, 0.25) is 6.41 Å². The van der Waals surface area contributed by atoms with Crippen LogP contribution >= 0.6 is 0 Å². The predicted octanol–water partition coefficient (Wildman–Crippen LogP) is 7.30. The number of nitrogens with zero attached hydrogens (tertiary/aromatic N) is 1. The summed E-state index contributed by atoms with van der Waals surface area (Å²) in [6.45, 7) is 0.459. The highest BCUT2D eigenvalue weighted by molar-refractivity contribution is 5.51. The summed E-state index contributed by atoms with van der Waals surface area (Å²) in [5.74, 6) is 1.63. The zero-order valence-electron chi connectivity index (χ0n) is 24.4. The van der Waals surface area contributed by atoms with Gasteiger partial charge in [-0.05, 0) is 109 Å². The molecule has 42 heavy (non-hydrogen) atoms. The Morgan fingerprint density at radius 1 is 1.00 bits per heavy atom. The number of pyridine rings is 1. The van der Waals surface area contributed by atoms with Gasteiger partial charge in [-0.1, -0.05) is 30.4 Å². The van der Waals surface area contributed by atoms with E-state index >= 15 is 0 Å². The lowest BCUT2D eigenvalue weighted by atomic mass is 9.85. The van der Waals surface area contributed by atoms with Crippen molar-refractivity contribution < 1.29 is 18.7 Å². The topological polar surface area (TPSA) is 72.5 Å². The maximum Gasteiger partial charge on any atom is 0.207 e. The quantitative estimate of drug-likeness (QED) is 0.237. The molecule has 0 bridgehead atoms. The van der Waals surface area contributed by atoms with E-state index in [4.69, 9.17) is 9.47 Å². The number of carbonyl (C=O) groups is 1. The zero-order valence-corrected chi connectivity index (χ0v) is 24.4. The maximum atomic E-state index is 12.6. The van der Waals surface area contributed by atoms with Crippen LogP contribution in [0.4, 0.5) is 10.1 Å². The minimum absolute atomic E-state index is 0.206. The Morgan fingerprint density at radius 3 is 2.52 bits per heavy atom. The van der Waals surface area contributed by atoms with Crippen molar-refractivity contribution in [1.82, 2.24) is 10.3 Å². The molecule has 1 saturated carbocycles. The van der Waals surface area contributed by atoms with E-state index in [-0.39, 0.29) is 11.7 Å². The molecule has 1 atom stereocenters. The van der Waals surface area contributed by atoms with Crippen molar-refractivity contribution in [3.05, 3.63) is 119 Å². The number of methoxy groups -OCH3 is 1. The lowest BCUT2D eigenvalue weighted by Gasteiger charge is -2.22. The monoisotopic (exact) mass is 569 g/mol. The van der Waals surface area contributed by atoms with Crippen LogP contribution in [0.3, 0.4) is 0 Å². The number of anilines is 1. The molecular formula is C35H40FN3O3. The minimum Gasteiger partial charge on any atom is -0.493 e. The fraction of sp³-hybridized carbons (Fsp3) is 0.314. The fourth-order valence-corrected chi connectivity index (χ4v) is 5.22. The van der Waals surface area contributed by atoms with Crippen molar-refractivity contribution in [3.63, 3.8) is 0 Å². The summed E-state index contributed by atoms with van der Waals surface area (Å²) >= 11 is 0. The molecule has 0 aliphatic heterocycles. The summed E-state index contributed by atoms with van der Waals surface area (Å²) < 4.78 is 24.6. The van der Waals surface area contributed by atoms with Gasteiger partial charge in [0.25, 0.3) is 0 Å². The number of rotatable bonds is 11. The molecule has 2 aliphatic rings. The molecule has 7 heteroatoms. The Bertz CT molecular complexity index is 1380. The molecule has 1 amide bonds. The van der Waals surface area contributed by atoms with E-state index in [0.717, 1.165) is 42.0 Å². The number of benzene rings is 2. The standard InChI is InChI=1S/C26H30N2O2.C9H10FNO/c1-27-22-7-5-6-20(17-22)24(16-19-12-14-28-15-13-19)21-10-11-25(29-2)26(18-21)30-23-8-3-4-9-23;10-9-3-1-2-8(4-5-9)6-11-7-12/h5-7,10-15,17-18,23-24,27H,3-4,8-9,16H2,1-2H3;2-5,7H,1,6H2,(H,11,12). The van der Waals surface area contributed by atoms with Gasteiger partial charge in [0.15, 0.2) is 11.5 Å². The van der Waals surface area contributed by atoms with Crippen LogP contribution in [0.1, 0.15) is 54.7 Å². The molecule has 220 valence electrons. The van der Waals surface area contributed by atoms with E-state index in [1.165, 1.54) is 41.7 Å². The van der Waals surface area contributed by atoms with Gasteiger partial charge in [-0.3, -0.25) is 9.78 Å². The molecule has 5 rings (SSSR count). The third-order valence-corrected chi connectivity index (χ3v) is 7.49. The van der Waals surface area contributed by atoms with Gasteiger partial charge < -0.3 is 20.1 Å². The summed E-state index contributed by atoms with van der Waals surface area (Å²) in [6, 6.07) is 19.2. The number of hydrogen-bond acceptors (Lipinski definition) is 5. The number of nitrogens with one attached hydrogen (secondary N) is 2. The molecule has 0 radical (unpaired) electrons. The normalized spacial score (nSPS) is 15.3. The van der Waals surface area contributed by atoms with Crippen LogP contribution in [0.5, 0.6) is 11.5 Å². The number of halogens is 1. The molecule has 2 aromatic carbocycles. The van der Waals surface area contributed by atoms with Crippen LogP contribution < -0.4 is 20.1 Å². The molecule has 1 aromatic heterocycles. The summed E-state index contributed by atoms with van der Waals surface area (Å²) in [7, 11) is 3.67. The molecule has 0 saturated heterocycles. The lowest BCUT2D eigenvalue weighted by molar-refractivity contribution is -0.109. The molecule has 1 fully saturated rings. The number of hydrogen-bond donors (Lipinski definition) is 2. The number of ether oxygens (including phenoxy) is 2. The van der Waals surface area contributed by atoms with E-state index in [2.05, 4.69) is 64.1 Å². The first-order valence-corrected chi connectivity index (χ1v) is 14.5. The van der Waals surface area contributed by atoms with Crippen LogP contribution in [0.15, 0.2) is 103 Å². The minimum atomic E-state index is -0.229. The predicted molar refractivity (Wildman–Crippen MR) is 167 cm³/mol. The van der Waals surface area contributed by atoms with E-state index in [0.29, 0.717) is 25.5 Å². The number of allylic oxidation sites excluding steroid dienone is 4. The molecular weight excluding hydrogens is 529 g/mol. The van der Waals surface area contributed by atoms with Crippen molar-refractivity contribution in [1.29, 1.82) is 0 Å². The Kier molecular flexibility index (Phi) is 11.8. The summed E-state index contributed by atoms with van der Waals surface area (Å²) in [5.41, 5.74) is 5.80. The highest BCUT2D eigenvalue weighted by Gasteiger charge is 2.21. The molecule has 1 heterocycles. The number of amides is 1. The third-order valence-electron chi connectivity index (χ3n) is 7.49. The average Bonchev–Trinajstić information content (AvgIpc) is 3.46. The van der Waals surface area contributed by atoms with Gasteiger partial charge in [-0.2, -0.15) is 0 Å². The summed E-state index contributed by atoms with van der Waals surface area (Å²) in [6.07, 6.45) is 17.3. The maximum absolute atomic E-state index is 12.6. The van der Waals surface area contributed by atoms with Gasteiger partial charge in [0.05, 0.1) is 13.2 Å². The SMILES string of the molecule is CNc1cccc(C(Cc2ccncc2)c2ccc(OC)c(OC3CCCC3)c2)c1.O=CNCC1=CCC=C(F)C=C1. The highest BCUT2D eigenvalue weighted by atomic mass is 19.1. The van der Waals surface area contributed by atoms with Crippen LogP contribution in [0.2, 0.25) is 0 Å². The van der Waals surface area contributed by atoms with Gasteiger partial charge in [0, 0.05) is 37.6 Å². The van der Waals surface area contributed by atoms with Crippen molar-refractivity contribution >= 4 is 12.1 Å². The van der Waals surface area contributed by atoms with Crippen molar-refractivity contribution in [2.45, 2.75) is 50.5 Å². The largest absolute Gasteiger partial charge is 0.493 e. The van der Waals surface area contributed by atoms with Gasteiger partial charge in [-0.25, -0.2) is 4.39 Å². The van der Waals surface area contributed by atoms with Gasteiger partial charge >= 0.3 is 0 Å². The smallest absolute Gasteiger partial charge is 0.207 e. The van der Waals surface area contributed by atoms with Gasteiger partial charge in [0.1, 0.15) is 5.83 Å². The highest BCUT2D eigenvalue weighted by Crippen LogP contribution is 2.37. The molecule has 3 aromatic rings. The second-order valence-corrected chi connectivity index (χ2v) is 10.4. The molecule has 2 aliphatic carbocycles. The van der Waals surface area contributed by atoms with Crippen molar-refractivity contribution in [2.24, 2.45) is 0 Å². The lowest BCUT2D eigenvalue weighted by Crippen LogP contribution is -2.13. The van der Waals surface area contributed by atoms with E-state index in [1.54, 1.807) is 13.2 Å². The van der Waals surface area contributed by atoms with Crippen molar-refractivity contribution in [3.8, 4) is 11.5 Å². The molecule has 6 nitrogen and oxygen atoms in total. The van der Waals surface area contributed by atoms with Crippen LogP contribution in [-0.4, -0.2) is 38.2 Å². The third kappa shape index (κ3) is 9.06. The Hall–Kier alpha value is -4.39. The Labute approximate surface area is 248 Å². The average molecular weight is 570 g/mol. The van der Waals surface area contributed by atoms with E-state index < -0.39 is 0 Å². The second kappa shape index (κ2) is 16.2. The first kappa shape index (κ1) is 30.6. The van der Waals surface area contributed by atoms with Crippen LogP contribution in [0.25, 0.3) is 0 Å². The second-order valence-electron chi connectivity index (χ2n) is 10.4. The molecule has 2 N–H and O–H groups in total. The summed E-state index contributed by atoms with van der Waals surface area (Å²) in [4.78, 5) is 14.1. The summed E-state index contributed by atoms with van der Waals surface area (Å²) in [5, 5.41) is 5.78. The van der Waals surface area contributed by atoms with Crippen LogP contribution in [0, 0.1) is 0 Å². The van der Waals surface area contributed by atoms with Gasteiger partial charge in [-0.15, -0.1) is 0 Å². The Morgan fingerprint density at radius 2 is 1.79 bits per heavy atom. The van der Waals surface area contributed by atoms with Crippen molar-refractivity contribution in [2.75, 3.05) is 26.0 Å². The first-order valence-electron chi connectivity index (χ1n) is 14.5. The fourth-order valence-electron chi connectivity index (χ4n) is 5.22. The van der Waals surface area contributed by atoms with E-state index in [9.17, 15) is 9.18 Å². The first-order chi connectivity index (χ1) is 20.6. The number of aromatic nitrogens is 1.